The van der Waals surface area contributed by atoms with Gasteiger partial charge in [-0.05, 0) is 36.2 Å². The molecule has 156 valence electrons. The summed E-state index contributed by atoms with van der Waals surface area (Å²) in [4.78, 5) is 34.4. The number of aromatic nitrogens is 2. The smallest absolute Gasteiger partial charge is 0.321 e. The second-order valence-corrected chi connectivity index (χ2v) is 7.44. The van der Waals surface area contributed by atoms with Crippen LogP contribution in [0.25, 0.3) is 0 Å². The van der Waals surface area contributed by atoms with Gasteiger partial charge in [0.05, 0.1) is 12.2 Å². The zero-order chi connectivity index (χ0) is 21.7. The molecule has 0 radical (unpaired) electrons. The van der Waals surface area contributed by atoms with E-state index in [-0.39, 0.29) is 19.0 Å². The number of hydrogen-bond acceptors (Lipinski definition) is 5. The predicted molar refractivity (Wildman–Crippen MR) is 109 cm³/mol. The van der Waals surface area contributed by atoms with E-state index in [1.807, 2.05) is 6.92 Å². The first kappa shape index (κ1) is 21.3. The first-order valence-electron chi connectivity index (χ1n) is 8.92. The number of anilines is 1. The van der Waals surface area contributed by atoms with Crippen molar-refractivity contribution >= 4 is 28.4 Å². The molecule has 3 aromatic rings. The molecule has 0 atom stereocenters. The summed E-state index contributed by atoms with van der Waals surface area (Å²) in [5.41, 5.74) is 2.26. The van der Waals surface area contributed by atoms with Crippen LogP contribution < -0.4 is 10.6 Å². The van der Waals surface area contributed by atoms with Gasteiger partial charge in [0.1, 0.15) is 11.6 Å². The van der Waals surface area contributed by atoms with E-state index in [1.165, 1.54) is 16.2 Å². The highest BCUT2D eigenvalue weighted by atomic mass is 32.1. The van der Waals surface area contributed by atoms with E-state index in [9.17, 15) is 18.4 Å². The molecule has 2 heterocycles. The number of nitrogens with one attached hydrogen (secondary N) is 2. The largest absolute Gasteiger partial charge is 0.336 e. The fourth-order valence-corrected chi connectivity index (χ4v) is 3.40. The number of amides is 3. The number of halogens is 2. The number of carbonyl (C=O) groups is 2. The summed E-state index contributed by atoms with van der Waals surface area (Å²) in [7, 11) is 1.67. The minimum Gasteiger partial charge on any atom is -0.336 e. The van der Waals surface area contributed by atoms with Crippen LogP contribution in [0.5, 0.6) is 0 Å². The van der Waals surface area contributed by atoms with E-state index in [1.54, 1.807) is 30.9 Å². The number of nitrogens with zero attached hydrogens (tertiary/aromatic N) is 3. The quantitative estimate of drug-likeness (QED) is 0.623. The van der Waals surface area contributed by atoms with Crippen molar-refractivity contribution in [2.75, 3.05) is 12.4 Å². The fraction of sp³-hybridized carbons (Fsp3) is 0.200. The Morgan fingerprint density at radius 3 is 2.63 bits per heavy atom. The number of benzene rings is 1. The van der Waals surface area contributed by atoms with Crippen LogP contribution in [0, 0.1) is 18.6 Å². The molecule has 0 unspecified atom stereocenters. The van der Waals surface area contributed by atoms with Crippen LogP contribution in [0.15, 0.2) is 42.0 Å². The van der Waals surface area contributed by atoms with Gasteiger partial charge in [-0.15, -0.1) is 11.3 Å². The zero-order valence-electron chi connectivity index (χ0n) is 16.3. The van der Waals surface area contributed by atoms with Crippen molar-refractivity contribution in [2.24, 2.45) is 0 Å². The van der Waals surface area contributed by atoms with Gasteiger partial charge < -0.3 is 10.2 Å². The Morgan fingerprint density at radius 2 is 1.93 bits per heavy atom. The summed E-state index contributed by atoms with van der Waals surface area (Å²) in [6, 6.07) is 4.15. The summed E-state index contributed by atoms with van der Waals surface area (Å²) in [5, 5.41) is 7.15. The van der Waals surface area contributed by atoms with E-state index in [2.05, 4.69) is 20.6 Å². The van der Waals surface area contributed by atoms with Gasteiger partial charge in [-0.2, -0.15) is 0 Å². The number of urea groups is 1. The van der Waals surface area contributed by atoms with Crippen LogP contribution in [0.1, 0.15) is 27.2 Å². The third-order valence-corrected chi connectivity index (χ3v) is 4.95. The molecular weight excluding hydrogens is 412 g/mol. The Balaban J connectivity index is 1.53. The molecule has 0 saturated heterocycles. The number of pyridine rings is 1. The van der Waals surface area contributed by atoms with Gasteiger partial charge in [-0.1, -0.05) is 0 Å². The molecule has 0 aliphatic heterocycles. The van der Waals surface area contributed by atoms with E-state index in [0.29, 0.717) is 22.0 Å². The average molecular weight is 431 g/mol. The molecule has 0 spiro atoms. The summed E-state index contributed by atoms with van der Waals surface area (Å²) < 4.78 is 26.4. The van der Waals surface area contributed by atoms with Crippen LogP contribution in [0.3, 0.4) is 0 Å². The first-order chi connectivity index (χ1) is 14.3. The molecule has 3 rings (SSSR count). The molecule has 30 heavy (non-hydrogen) atoms. The van der Waals surface area contributed by atoms with Gasteiger partial charge >= 0.3 is 6.03 Å². The minimum atomic E-state index is -0.711. The Bertz CT molecular complexity index is 1050. The van der Waals surface area contributed by atoms with Crippen LogP contribution in [-0.2, 0) is 13.1 Å². The first-order valence-corrected chi connectivity index (χ1v) is 9.80. The van der Waals surface area contributed by atoms with E-state index in [0.717, 1.165) is 23.8 Å². The molecule has 2 aromatic heterocycles. The maximum absolute atomic E-state index is 13.2. The molecule has 2 N–H and O–H groups in total. The Kier molecular flexibility index (Phi) is 6.68. The Hall–Kier alpha value is -3.40. The summed E-state index contributed by atoms with van der Waals surface area (Å²) >= 11 is 1.21. The van der Waals surface area contributed by atoms with E-state index in [4.69, 9.17) is 0 Å². The third kappa shape index (κ3) is 5.57. The van der Waals surface area contributed by atoms with E-state index >= 15 is 0 Å². The summed E-state index contributed by atoms with van der Waals surface area (Å²) in [6.45, 7) is 2.04. The molecule has 0 aliphatic rings. The zero-order valence-corrected chi connectivity index (χ0v) is 17.1. The van der Waals surface area contributed by atoms with Gasteiger partial charge in [-0.3, -0.25) is 15.1 Å². The van der Waals surface area contributed by atoms with Crippen LogP contribution in [0.4, 0.5) is 18.7 Å². The van der Waals surface area contributed by atoms with Crippen LogP contribution >= 0.6 is 11.3 Å². The predicted octanol–water partition coefficient (Wildman–Crippen LogP) is 3.72. The van der Waals surface area contributed by atoms with Gasteiger partial charge in [0.15, 0.2) is 5.13 Å². The molecule has 1 aromatic carbocycles. The van der Waals surface area contributed by atoms with Crippen molar-refractivity contribution in [1.82, 2.24) is 20.2 Å². The lowest BCUT2D eigenvalue weighted by atomic mass is 10.1. The Morgan fingerprint density at radius 1 is 1.20 bits per heavy atom. The number of hydrogen-bond donors (Lipinski definition) is 2. The lowest BCUT2D eigenvalue weighted by Crippen LogP contribution is -2.28. The molecule has 0 bridgehead atoms. The highest BCUT2D eigenvalue weighted by Gasteiger charge is 2.16. The van der Waals surface area contributed by atoms with Gasteiger partial charge in [-0.25, -0.2) is 18.6 Å². The van der Waals surface area contributed by atoms with Crippen molar-refractivity contribution in [3.8, 4) is 0 Å². The van der Waals surface area contributed by atoms with Crippen molar-refractivity contribution in [3.05, 3.63) is 76.1 Å². The molecular formula is C20H19F2N5O2S. The molecule has 0 fully saturated rings. The molecule has 3 amide bonds. The van der Waals surface area contributed by atoms with Gasteiger partial charge in [0, 0.05) is 43.0 Å². The maximum atomic E-state index is 13.2. The average Bonchev–Trinajstić information content (AvgIpc) is 3.12. The summed E-state index contributed by atoms with van der Waals surface area (Å²) in [6.07, 6.45) is 3.19. The van der Waals surface area contributed by atoms with Crippen molar-refractivity contribution in [3.63, 3.8) is 0 Å². The number of aryl methyl sites for hydroxylation is 1. The second-order valence-electron chi connectivity index (χ2n) is 6.58. The molecule has 10 heteroatoms. The van der Waals surface area contributed by atoms with Crippen molar-refractivity contribution < 1.29 is 18.4 Å². The SMILES string of the molecule is Cc1cnccc1C(=O)N(C)Cc1csc(NC(=O)NCc2cc(F)cc(F)c2)n1. The number of thiazole rings is 1. The maximum Gasteiger partial charge on any atom is 0.321 e. The molecule has 7 nitrogen and oxygen atoms in total. The number of rotatable bonds is 6. The monoisotopic (exact) mass is 431 g/mol. The van der Waals surface area contributed by atoms with Gasteiger partial charge in [0.2, 0.25) is 0 Å². The lowest BCUT2D eigenvalue weighted by molar-refractivity contribution is 0.0782. The Labute approximate surface area is 175 Å². The highest BCUT2D eigenvalue weighted by molar-refractivity contribution is 7.13. The molecule has 0 saturated carbocycles. The van der Waals surface area contributed by atoms with Gasteiger partial charge in [0.25, 0.3) is 5.91 Å². The van der Waals surface area contributed by atoms with Crippen molar-refractivity contribution in [1.29, 1.82) is 0 Å². The van der Waals surface area contributed by atoms with Crippen molar-refractivity contribution in [2.45, 2.75) is 20.0 Å². The van der Waals surface area contributed by atoms with Crippen LogP contribution in [-0.4, -0.2) is 33.9 Å². The van der Waals surface area contributed by atoms with E-state index < -0.39 is 17.7 Å². The lowest BCUT2D eigenvalue weighted by Gasteiger charge is -2.16. The number of carbonyl (C=O) groups excluding carboxylic acids is 2. The molecule has 0 aliphatic carbocycles. The standard InChI is InChI=1S/C20H19F2N5O2S/c1-12-8-23-4-3-17(12)18(28)27(2)10-16-11-30-20(25-16)26-19(29)24-9-13-5-14(21)7-15(22)6-13/h3-8,11H,9-10H2,1-2H3,(H2,24,25,26,29). The highest BCUT2D eigenvalue weighted by Crippen LogP contribution is 2.18. The van der Waals surface area contributed by atoms with Crippen LogP contribution in [0.2, 0.25) is 0 Å². The third-order valence-electron chi connectivity index (χ3n) is 4.14. The summed E-state index contributed by atoms with van der Waals surface area (Å²) in [5.74, 6) is -1.58. The minimum absolute atomic E-state index is 0.0404. The topological polar surface area (TPSA) is 87.2 Å². The normalized spacial score (nSPS) is 10.5. The fourth-order valence-electron chi connectivity index (χ4n) is 2.71. The second kappa shape index (κ2) is 9.40.